The minimum Gasteiger partial charge on any atom is -0.223 e. The van der Waals surface area contributed by atoms with Gasteiger partial charge in [-0.3, -0.25) is 0 Å². The van der Waals surface area contributed by atoms with Crippen LogP contribution in [0.25, 0.3) is 0 Å². The molecular formula is C15H12FNO2S. The van der Waals surface area contributed by atoms with E-state index in [-0.39, 0.29) is 21.8 Å². The van der Waals surface area contributed by atoms with Crippen molar-refractivity contribution in [2.75, 3.05) is 0 Å². The van der Waals surface area contributed by atoms with Crippen molar-refractivity contribution in [3.63, 3.8) is 0 Å². The van der Waals surface area contributed by atoms with Crippen molar-refractivity contribution >= 4 is 9.84 Å². The summed E-state index contributed by atoms with van der Waals surface area (Å²) in [5, 5.41) is 8.77. The molecule has 0 amide bonds. The van der Waals surface area contributed by atoms with Crippen molar-refractivity contribution in [2.24, 2.45) is 0 Å². The van der Waals surface area contributed by atoms with Crippen LogP contribution in [0.4, 0.5) is 4.39 Å². The van der Waals surface area contributed by atoms with E-state index in [9.17, 15) is 12.8 Å². The Labute approximate surface area is 117 Å². The summed E-state index contributed by atoms with van der Waals surface area (Å²) in [4.78, 5) is 0.195. The minimum atomic E-state index is -3.55. The fourth-order valence-electron chi connectivity index (χ4n) is 1.91. The summed E-state index contributed by atoms with van der Waals surface area (Å²) >= 11 is 0. The van der Waals surface area contributed by atoms with E-state index < -0.39 is 15.7 Å². The third-order valence-electron chi connectivity index (χ3n) is 2.79. The van der Waals surface area contributed by atoms with Crippen LogP contribution in [0.5, 0.6) is 0 Å². The molecule has 3 nitrogen and oxygen atoms in total. The van der Waals surface area contributed by atoms with Gasteiger partial charge in [-0.05, 0) is 48.4 Å². The van der Waals surface area contributed by atoms with Crippen LogP contribution >= 0.6 is 0 Å². The third kappa shape index (κ3) is 3.22. The third-order valence-corrected chi connectivity index (χ3v) is 4.48. The first-order valence-corrected chi connectivity index (χ1v) is 7.55. The Morgan fingerprint density at radius 3 is 2.60 bits per heavy atom. The van der Waals surface area contributed by atoms with Gasteiger partial charge in [-0.1, -0.05) is 12.1 Å². The first-order chi connectivity index (χ1) is 9.40. The molecule has 0 aliphatic carbocycles. The van der Waals surface area contributed by atoms with Crippen molar-refractivity contribution in [3.8, 4) is 6.07 Å². The quantitative estimate of drug-likeness (QED) is 0.872. The lowest BCUT2D eigenvalue weighted by Crippen LogP contribution is -2.05. The molecule has 0 saturated carbocycles. The van der Waals surface area contributed by atoms with Gasteiger partial charge in [0, 0.05) is 0 Å². The first-order valence-electron chi connectivity index (χ1n) is 5.90. The number of aryl methyl sites for hydroxylation is 1. The molecule has 0 N–H and O–H groups in total. The number of benzene rings is 2. The molecule has 0 aliphatic heterocycles. The Hall–Kier alpha value is -2.19. The first kappa shape index (κ1) is 14.2. The van der Waals surface area contributed by atoms with Crippen LogP contribution in [0.3, 0.4) is 0 Å². The van der Waals surface area contributed by atoms with Gasteiger partial charge < -0.3 is 0 Å². The number of nitrogens with zero attached hydrogens (tertiary/aromatic N) is 1. The molecular weight excluding hydrogens is 277 g/mol. The zero-order valence-corrected chi connectivity index (χ0v) is 11.6. The Bertz CT molecular complexity index is 792. The number of nitriles is 1. The molecule has 102 valence electrons. The summed E-state index contributed by atoms with van der Waals surface area (Å²) < 4.78 is 37.8. The number of sulfone groups is 1. The monoisotopic (exact) mass is 289 g/mol. The average molecular weight is 289 g/mol. The van der Waals surface area contributed by atoms with E-state index in [4.69, 9.17) is 5.26 Å². The van der Waals surface area contributed by atoms with E-state index in [1.165, 1.54) is 12.1 Å². The molecule has 5 heteroatoms. The Morgan fingerprint density at radius 1 is 1.20 bits per heavy atom. The normalized spacial score (nSPS) is 11.1. The molecule has 2 rings (SSSR count). The number of halogens is 1. The number of rotatable bonds is 3. The molecule has 2 aromatic rings. The van der Waals surface area contributed by atoms with Gasteiger partial charge in [0.1, 0.15) is 5.82 Å². The van der Waals surface area contributed by atoms with E-state index in [0.29, 0.717) is 0 Å². The van der Waals surface area contributed by atoms with E-state index in [0.717, 1.165) is 17.7 Å². The maximum Gasteiger partial charge on any atom is 0.182 e. The Morgan fingerprint density at radius 2 is 1.95 bits per heavy atom. The highest BCUT2D eigenvalue weighted by atomic mass is 32.2. The standard InChI is InChI=1S/C15H12FNO2S/c1-11-3-2-4-15(5-11)20(18,19)10-13-6-12(9-17)7-14(16)8-13/h2-8H,10H2,1H3. The fraction of sp³-hybridized carbons (Fsp3) is 0.133. The molecule has 0 heterocycles. The molecule has 0 saturated heterocycles. The van der Waals surface area contributed by atoms with Crippen LogP contribution < -0.4 is 0 Å². The highest BCUT2D eigenvalue weighted by molar-refractivity contribution is 7.90. The SMILES string of the molecule is Cc1cccc(S(=O)(=O)Cc2cc(F)cc(C#N)c2)c1. The second kappa shape index (κ2) is 5.43. The van der Waals surface area contributed by atoms with Crippen molar-refractivity contribution in [3.05, 3.63) is 65.0 Å². The molecule has 0 radical (unpaired) electrons. The molecule has 0 unspecified atom stereocenters. The Kier molecular flexibility index (Phi) is 3.86. The molecule has 0 bridgehead atoms. The molecule has 0 aliphatic rings. The predicted molar refractivity (Wildman–Crippen MR) is 73.2 cm³/mol. The minimum absolute atomic E-state index is 0.111. The summed E-state index contributed by atoms with van der Waals surface area (Å²) in [6.45, 7) is 1.80. The second-order valence-electron chi connectivity index (χ2n) is 4.54. The summed E-state index contributed by atoms with van der Waals surface area (Å²) in [5.74, 6) is -0.943. The van der Waals surface area contributed by atoms with E-state index in [1.807, 2.05) is 6.07 Å². The van der Waals surface area contributed by atoms with E-state index >= 15 is 0 Å². The van der Waals surface area contributed by atoms with Crippen LogP contribution in [0.15, 0.2) is 47.4 Å². The smallest absolute Gasteiger partial charge is 0.182 e. The van der Waals surface area contributed by atoms with Gasteiger partial charge in [0.15, 0.2) is 9.84 Å². The van der Waals surface area contributed by atoms with Crippen LogP contribution in [0, 0.1) is 24.1 Å². The van der Waals surface area contributed by atoms with Gasteiger partial charge in [-0.25, -0.2) is 12.8 Å². The van der Waals surface area contributed by atoms with Crippen LogP contribution in [0.1, 0.15) is 16.7 Å². The molecule has 2 aromatic carbocycles. The number of hydrogen-bond donors (Lipinski definition) is 0. The van der Waals surface area contributed by atoms with Crippen molar-refractivity contribution < 1.29 is 12.8 Å². The van der Waals surface area contributed by atoms with Gasteiger partial charge in [0.2, 0.25) is 0 Å². The van der Waals surface area contributed by atoms with Crippen LogP contribution in [-0.2, 0) is 15.6 Å². The lowest BCUT2D eigenvalue weighted by atomic mass is 10.1. The summed E-state index contributed by atoms with van der Waals surface area (Å²) in [6, 6.07) is 11.9. The van der Waals surface area contributed by atoms with Crippen molar-refractivity contribution in [2.45, 2.75) is 17.6 Å². The molecule has 0 aromatic heterocycles. The number of hydrogen-bond acceptors (Lipinski definition) is 3. The Balaban J connectivity index is 2.39. The highest BCUT2D eigenvalue weighted by Gasteiger charge is 2.16. The van der Waals surface area contributed by atoms with Gasteiger partial charge in [0.05, 0.1) is 22.3 Å². The summed E-state index contributed by atoms with van der Waals surface area (Å²) in [5.41, 5.74) is 1.21. The summed E-state index contributed by atoms with van der Waals surface area (Å²) in [6.07, 6.45) is 0. The average Bonchev–Trinajstić information content (AvgIpc) is 2.37. The van der Waals surface area contributed by atoms with Gasteiger partial charge in [-0.2, -0.15) is 5.26 Å². The fourth-order valence-corrected chi connectivity index (χ4v) is 3.33. The highest BCUT2D eigenvalue weighted by Crippen LogP contribution is 2.19. The summed E-state index contributed by atoms with van der Waals surface area (Å²) in [7, 11) is -3.55. The maximum atomic E-state index is 13.3. The zero-order valence-electron chi connectivity index (χ0n) is 10.8. The van der Waals surface area contributed by atoms with Gasteiger partial charge in [0.25, 0.3) is 0 Å². The van der Waals surface area contributed by atoms with Crippen LogP contribution in [0.2, 0.25) is 0 Å². The topological polar surface area (TPSA) is 57.9 Å². The molecule has 0 atom stereocenters. The van der Waals surface area contributed by atoms with E-state index in [2.05, 4.69) is 0 Å². The lowest BCUT2D eigenvalue weighted by Gasteiger charge is -2.06. The van der Waals surface area contributed by atoms with Gasteiger partial charge in [-0.15, -0.1) is 0 Å². The lowest BCUT2D eigenvalue weighted by molar-refractivity contribution is 0.594. The van der Waals surface area contributed by atoms with Crippen molar-refractivity contribution in [1.82, 2.24) is 0 Å². The van der Waals surface area contributed by atoms with Crippen LogP contribution in [-0.4, -0.2) is 8.42 Å². The van der Waals surface area contributed by atoms with Crippen molar-refractivity contribution in [1.29, 1.82) is 5.26 Å². The molecule has 20 heavy (non-hydrogen) atoms. The predicted octanol–water partition coefficient (Wildman–Crippen LogP) is 2.98. The largest absolute Gasteiger partial charge is 0.223 e. The van der Waals surface area contributed by atoms with E-state index in [1.54, 1.807) is 25.1 Å². The maximum absolute atomic E-state index is 13.3. The zero-order chi connectivity index (χ0) is 14.8. The second-order valence-corrected chi connectivity index (χ2v) is 6.53. The molecule has 0 fully saturated rings. The van der Waals surface area contributed by atoms with Gasteiger partial charge >= 0.3 is 0 Å². The molecule has 0 spiro atoms.